The summed E-state index contributed by atoms with van der Waals surface area (Å²) in [5.41, 5.74) is 3.14. The highest BCUT2D eigenvalue weighted by Gasteiger charge is 2.31. The van der Waals surface area contributed by atoms with Crippen molar-refractivity contribution in [2.24, 2.45) is 0 Å². The molecule has 1 N–H and O–H groups in total. The standard InChI is InChI=1S/C12H8O2S2/c13-9-3-12(16)8-2-6-7(1-5(8)9)11(15)4-10(6)14/h1-2,9,13H,3-4H2. The van der Waals surface area contributed by atoms with Crippen LogP contribution in [-0.2, 0) is 0 Å². The van der Waals surface area contributed by atoms with Crippen LogP contribution < -0.4 is 0 Å². The summed E-state index contributed by atoms with van der Waals surface area (Å²) in [6, 6.07) is 3.63. The van der Waals surface area contributed by atoms with Crippen molar-refractivity contribution in [3.63, 3.8) is 0 Å². The summed E-state index contributed by atoms with van der Waals surface area (Å²) >= 11 is 10.3. The molecule has 2 aliphatic rings. The Hall–Kier alpha value is -0.970. The third-order valence-electron chi connectivity index (χ3n) is 3.15. The SMILES string of the molecule is O=C1CC(=S)c2cc3c(cc21)C(=S)CC3O. The first kappa shape index (κ1) is 10.2. The van der Waals surface area contributed by atoms with E-state index < -0.39 is 6.10 Å². The van der Waals surface area contributed by atoms with E-state index in [4.69, 9.17) is 24.4 Å². The van der Waals surface area contributed by atoms with Gasteiger partial charge in [-0.1, -0.05) is 24.4 Å². The smallest absolute Gasteiger partial charge is 0.168 e. The second-order valence-electron chi connectivity index (χ2n) is 4.15. The van der Waals surface area contributed by atoms with Crippen LogP contribution in [0.25, 0.3) is 0 Å². The molecule has 0 amide bonds. The van der Waals surface area contributed by atoms with Crippen LogP contribution >= 0.6 is 24.4 Å². The molecule has 2 nitrogen and oxygen atoms in total. The Balaban J connectivity index is 2.29. The van der Waals surface area contributed by atoms with Gasteiger partial charge in [-0.25, -0.2) is 0 Å². The number of thiocarbonyl (C=S) groups is 2. The monoisotopic (exact) mass is 248 g/mol. The first-order valence-electron chi connectivity index (χ1n) is 5.03. The van der Waals surface area contributed by atoms with Crippen LogP contribution in [0.5, 0.6) is 0 Å². The first-order chi connectivity index (χ1) is 7.58. The fourth-order valence-corrected chi connectivity index (χ4v) is 2.96. The lowest BCUT2D eigenvalue weighted by Gasteiger charge is -2.06. The third kappa shape index (κ3) is 1.24. The molecule has 0 spiro atoms. The zero-order chi connectivity index (χ0) is 11.4. The molecule has 1 aromatic rings. The van der Waals surface area contributed by atoms with Gasteiger partial charge in [-0.2, -0.15) is 0 Å². The summed E-state index contributed by atoms with van der Waals surface area (Å²) in [5, 5.41) is 9.82. The average Bonchev–Trinajstić information content (AvgIpc) is 2.67. The lowest BCUT2D eigenvalue weighted by atomic mass is 10.0. The number of ketones is 1. The molecule has 0 aromatic heterocycles. The van der Waals surface area contributed by atoms with E-state index in [1.807, 2.05) is 6.07 Å². The molecule has 1 unspecified atom stereocenters. The predicted molar refractivity (Wildman–Crippen MR) is 68.4 cm³/mol. The van der Waals surface area contributed by atoms with E-state index in [1.54, 1.807) is 6.07 Å². The molecule has 0 aliphatic heterocycles. The molecule has 0 fully saturated rings. The van der Waals surface area contributed by atoms with Gasteiger partial charge in [0.25, 0.3) is 0 Å². The van der Waals surface area contributed by atoms with Crippen molar-refractivity contribution < 1.29 is 9.90 Å². The molecular formula is C12H8O2S2. The van der Waals surface area contributed by atoms with Gasteiger partial charge in [-0.15, -0.1) is 0 Å². The fourth-order valence-electron chi connectivity index (χ4n) is 2.33. The van der Waals surface area contributed by atoms with Crippen LogP contribution in [0.4, 0.5) is 0 Å². The van der Waals surface area contributed by atoms with Gasteiger partial charge < -0.3 is 5.11 Å². The van der Waals surface area contributed by atoms with E-state index in [0.29, 0.717) is 23.3 Å². The maximum absolute atomic E-state index is 11.7. The van der Waals surface area contributed by atoms with Crippen molar-refractivity contribution >= 4 is 39.9 Å². The van der Waals surface area contributed by atoms with E-state index >= 15 is 0 Å². The second-order valence-corrected chi connectivity index (χ2v) is 5.14. The number of carbonyl (C=O) groups is 1. The number of Topliss-reactive ketones (excluding diaryl/α,β-unsaturated/α-hetero) is 1. The number of benzene rings is 1. The number of carbonyl (C=O) groups excluding carboxylic acids is 1. The number of hydrogen-bond acceptors (Lipinski definition) is 4. The molecule has 4 heteroatoms. The van der Waals surface area contributed by atoms with Gasteiger partial charge in [-0.3, -0.25) is 4.79 Å². The number of aliphatic hydroxyl groups excluding tert-OH is 1. The maximum Gasteiger partial charge on any atom is 0.168 e. The highest BCUT2D eigenvalue weighted by atomic mass is 32.1. The highest BCUT2D eigenvalue weighted by Crippen LogP contribution is 2.36. The maximum atomic E-state index is 11.7. The molecule has 2 aliphatic carbocycles. The molecule has 0 saturated heterocycles. The van der Waals surface area contributed by atoms with Crippen molar-refractivity contribution in [2.45, 2.75) is 18.9 Å². The molecule has 1 atom stereocenters. The predicted octanol–water partition coefficient (Wildman–Crippen LogP) is 2.15. The van der Waals surface area contributed by atoms with E-state index in [1.165, 1.54) is 0 Å². The number of fused-ring (bicyclic) bond motifs is 2. The normalized spacial score (nSPS) is 22.6. The van der Waals surface area contributed by atoms with Gasteiger partial charge in [0, 0.05) is 33.7 Å². The Morgan fingerprint density at radius 1 is 1.12 bits per heavy atom. The van der Waals surface area contributed by atoms with Crippen LogP contribution in [0.15, 0.2) is 12.1 Å². The van der Waals surface area contributed by atoms with Gasteiger partial charge in [0.2, 0.25) is 0 Å². The minimum Gasteiger partial charge on any atom is -0.388 e. The molecule has 80 valence electrons. The minimum absolute atomic E-state index is 0.0620. The van der Waals surface area contributed by atoms with Gasteiger partial charge in [0.15, 0.2) is 5.78 Å². The lowest BCUT2D eigenvalue weighted by molar-refractivity contribution is 0.101. The quantitative estimate of drug-likeness (QED) is 0.714. The highest BCUT2D eigenvalue weighted by molar-refractivity contribution is 7.81. The van der Waals surface area contributed by atoms with Crippen molar-refractivity contribution in [1.29, 1.82) is 0 Å². The Bertz CT molecular complexity index is 560. The van der Waals surface area contributed by atoms with Crippen LogP contribution in [0, 0.1) is 0 Å². The number of hydrogen-bond donors (Lipinski definition) is 1. The Labute approximate surface area is 103 Å². The molecule has 16 heavy (non-hydrogen) atoms. The topological polar surface area (TPSA) is 37.3 Å². The molecule has 3 rings (SSSR count). The van der Waals surface area contributed by atoms with Gasteiger partial charge in [-0.05, 0) is 23.3 Å². The largest absolute Gasteiger partial charge is 0.388 e. The Morgan fingerprint density at radius 3 is 2.62 bits per heavy atom. The van der Waals surface area contributed by atoms with Crippen molar-refractivity contribution in [2.75, 3.05) is 0 Å². The third-order valence-corrected chi connectivity index (χ3v) is 3.90. The summed E-state index contributed by atoms with van der Waals surface area (Å²) in [5.74, 6) is 0.0620. The Kier molecular flexibility index (Phi) is 2.08. The van der Waals surface area contributed by atoms with Crippen LogP contribution in [0.2, 0.25) is 0 Å². The van der Waals surface area contributed by atoms with Gasteiger partial charge in [0.05, 0.1) is 6.10 Å². The van der Waals surface area contributed by atoms with Gasteiger partial charge in [0.1, 0.15) is 0 Å². The summed E-state index contributed by atoms with van der Waals surface area (Å²) < 4.78 is 0. The zero-order valence-corrected chi connectivity index (χ0v) is 9.95. The number of aliphatic hydroxyl groups is 1. The lowest BCUT2D eigenvalue weighted by Crippen LogP contribution is -1.97. The van der Waals surface area contributed by atoms with Crippen LogP contribution in [-0.4, -0.2) is 20.6 Å². The molecule has 0 radical (unpaired) electrons. The van der Waals surface area contributed by atoms with E-state index in [0.717, 1.165) is 21.6 Å². The minimum atomic E-state index is -0.536. The molecule has 0 bridgehead atoms. The van der Waals surface area contributed by atoms with Crippen molar-refractivity contribution in [3.8, 4) is 0 Å². The van der Waals surface area contributed by atoms with Crippen molar-refractivity contribution in [3.05, 3.63) is 34.4 Å². The fraction of sp³-hybridized carbons (Fsp3) is 0.250. The van der Waals surface area contributed by atoms with Gasteiger partial charge >= 0.3 is 0 Å². The van der Waals surface area contributed by atoms with Crippen LogP contribution in [0.3, 0.4) is 0 Å². The second kappa shape index (κ2) is 3.26. The summed E-state index contributed by atoms with van der Waals surface area (Å²) in [7, 11) is 0. The van der Waals surface area contributed by atoms with E-state index in [9.17, 15) is 9.90 Å². The van der Waals surface area contributed by atoms with E-state index in [-0.39, 0.29) is 5.78 Å². The summed E-state index contributed by atoms with van der Waals surface area (Å²) in [6.45, 7) is 0. The average molecular weight is 248 g/mol. The number of rotatable bonds is 0. The molecular weight excluding hydrogens is 240 g/mol. The summed E-state index contributed by atoms with van der Waals surface area (Å²) in [4.78, 5) is 13.1. The van der Waals surface area contributed by atoms with Crippen molar-refractivity contribution in [1.82, 2.24) is 0 Å². The first-order valence-corrected chi connectivity index (χ1v) is 5.85. The van der Waals surface area contributed by atoms with E-state index in [2.05, 4.69) is 0 Å². The Morgan fingerprint density at radius 2 is 1.88 bits per heavy atom. The van der Waals surface area contributed by atoms with Crippen LogP contribution in [0.1, 0.15) is 46.0 Å². The molecule has 0 heterocycles. The summed E-state index contributed by atoms with van der Waals surface area (Å²) in [6.07, 6.45) is 0.261. The molecule has 0 saturated carbocycles. The molecule has 1 aromatic carbocycles. The zero-order valence-electron chi connectivity index (χ0n) is 8.32.